The number of anilines is 1. The highest BCUT2D eigenvalue weighted by Crippen LogP contribution is 2.41. The molecule has 0 spiro atoms. The van der Waals surface area contributed by atoms with E-state index in [2.05, 4.69) is 21.2 Å². The van der Waals surface area contributed by atoms with Gasteiger partial charge in [-0.1, -0.05) is 0 Å². The Balaban J connectivity index is 2.06. The fourth-order valence-corrected chi connectivity index (χ4v) is 3.37. The molecule has 25 heavy (non-hydrogen) atoms. The summed E-state index contributed by atoms with van der Waals surface area (Å²) in [6.45, 7) is 4.64. The molecule has 0 unspecified atom stereocenters. The maximum absolute atomic E-state index is 9.62. The lowest BCUT2D eigenvalue weighted by atomic mass is 10.0. The van der Waals surface area contributed by atoms with E-state index in [1.54, 1.807) is 14.2 Å². The molecule has 0 aliphatic carbocycles. The van der Waals surface area contributed by atoms with Crippen molar-refractivity contribution >= 4 is 5.82 Å². The van der Waals surface area contributed by atoms with E-state index >= 15 is 0 Å². The smallest absolute Gasteiger partial charge is 0.170 e. The van der Waals surface area contributed by atoms with Crippen molar-refractivity contribution in [2.24, 2.45) is 0 Å². The number of rotatable bonds is 4. The van der Waals surface area contributed by atoms with Gasteiger partial charge in [-0.3, -0.25) is 0 Å². The van der Waals surface area contributed by atoms with Gasteiger partial charge >= 0.3 is 0 Å². The monoisotopic (exact) mass is 338 g/mol. The van der Waals surface area contributed by atoms with Gasteiger partial charge < -0.3 is 14.4 Å². The zero-order valence-corrected chi connectivity index (χ0v) is 15.0. The summed E-state index contributed by atoms with van der Waals surface area (Å²) < 4.78 is 10.9. The minimum absolute atomic E-state index is 0.101. The Labute approximate surface area is 148 Å². The number of ether oxygens (including phenoxy) is 2. The Morgan fingerprint density at radius 1 is 1.20 bits per heavy atom. The van der Waals surface area contributed by atoms with Gasteiger partial charge in [-0.05, 0) is 44.4 Å². The van der Waals surface area contributed by atoms with Crippen molar-refractivity contribution < 1.29 is 9.47 Å². The van der Waals surface area contributed by atoms with Gasteiger partial charge in [0.1, 0.15) is 23.1 Å². The van der Waals surface area contributed by atoms with Gasteiger partial charge in [0.25, 0.3) is 0 Å². The van der Waals surface area contributed by atoms with Crippen LogP contribution in [0.25, 0.3) is 0 Å². The molecule has 0 N–H and O–H groups in total. The van der Waals surface area contributed by atoms with Crippen molar-refractivity contribution in [3.8, 4) is 17.6 Å². The first-order valence-corrected chi connectivity index (χ1v) is 8.33. The van der Waals surface area contributed by atoms with E-state index < -0.39 is 0 Å². The molecule has 1 aliphatic heterocycles. The maximum atomic E-state index is 9.62. The molecule has 0 amide bonds. The quantitative estimate of drug-likeness (QED) is 0.851. The average Bonchev–Trinajstić information content (AvgIpc) is 3.12. The minimum atomic E-state index is 0.101. The largest absolute Gasteiger partial charge is 0.497 e. The van der Waals surface area contributed by atoms with Crippen molar-refractivity contribution in [2.75, 3.05) is 25.7 Å². The number of aromatic nitrogens is 2. The number of hydrogen-bond acceptors (Lipinski definition) is 6. The van der Waals surface area contributed by atoms with Gasteiger partial charge in [0.15, 0.2) is 5.82 Å². The van der Waals surface area contributed by atoms with E-state index in [0.29, 0.717) is 11.4 Å². The molecule has 3 rings (SSSR count). The first-order chi connectivity index (χ1) is 12.1. The number of nitriles is 1. The Kier molecular flexibility index (Phi) is 4.75. The molecule has 1 aromatic carbocycles. The molecule has 0 radical (unpaired) electrons. The number of aryl methyl sites for hydroxylation is 1. The molecular weight excluding hydrogens is 316 g/mol. The highest BCUT2D eigenvalue weighted by atomic mass is 16.5. The van der Waals surface area contributed by atoms with Crippen molar-refractivity contribution in [3.63, 3.8) is 0 Å². The second-order valence-electron chi connectivity index (χ2n) is 6.18. The molecule has 1 saturated heterocycles. The summed E-state index contributed by atoms with van der Waals surface area (Å²) in [5.41, 5.74) is 3.36. The predicted molar refractivity (Wildman–Crippen MR) is 95.1 cm³/mol. The van der Waals surface area contributed by atoms with E-state index in [0.717, 1.165) is 47.7 Å². The normalized spacial score (nSPS) is 16.6. The average molecular weight is 338 g/mol. The van der Waals surface area contributed by atoms with E-state index in [1.165, 1.54) is 0 Å². The lowest BCUT2D eigenvalue weighted by Crippen LogP contribution is -2.26. The summed E-state index contributed by atoms with van der Waals surface area (Å²) in [6.07, 6.45) is 2.00. The van der Waals surface area contributed by atoms with Crippen LogP contribution in [0, 0.1) is 25.2 Å². The Morgan fingerprint density at radius 3 is 2.68 bits per heavy atom. The van der Waals surface area contributed by atoms with Crippen molar-refractivity contribution in [1.29, 1.82) is 5.26 Å². The highest BCUT2D eigenvalue weighted by molar-refractivity contribution is 5.60. The van der Waals surface area contributed by atoms with E-state index in [1.807, 2.05) is 32.0 Å². The fourth-order valence-electron chi connectivity index (χ4n) is 3.37. The standard InChI is InChI=1S/C19H22N4O2/c1-12-13(2)21-22-19(16(12)11-20)23-9-5-6-17(23)15-8-7-14(24-3)10-18(15)25-4/h7-8,10,17H,5-6,9H2,1-4H3/t17-/m0/s1. The summed E-state index contributed by atoms with van der Waals surface area (Å²) in [4.78, 5) is 2.17. The van der Waals surface area contributed by atoms with Crippen LogP contribution in [0.5, 0.6) is 11.5 Å². The number of nitrogens with zero attached hydrogens (tertiary/aromatic N) is 4. The number of hydrogen-bond donors (Lipinski definition) is 0. The fraction of sp³-hybridized carbons (Fsp3) is 0.421. The summed E-state index contributed by atoms with van der Waals surface area (Å²) >= 11 is 0. The molecule has 1 aromatic heterocycles. The Bertz CT molecular complexity index is 829. The predicted octanol–water partition coefficient (Wildman–Crippen LogP) is 3.32. The molecule has 1 atom stereocenters. The van der Waals surface area contributed by atoms with Crippen LogP contribution < -0.4 is 14.4 Å². The van der Waals surface area contributed by atoms with Gasteiger partial charge in [0.05, 0.1) is 26.0 Å². The molecule has 1 aliphatic rings. The number of methoxy groups -OCH3 is 2. The van der Waals surface area contributed by atoms with Crippen LogP contribution in [0.15, 0.2) is 18.2 Å². The van der Waals surface area contributed by atoms with Crippen LogP contribution >= 0.6 is 0 Å². The van der Waals surface area contributed by atoms with Crippen LogP contribution in [-0.4, -0.2) is 31.0 Å². The molecule has 2 heterocycles. The SMILES string of the molecule is COc1ccc([C@@H]2CCCN2c2nnc(C)c(C)c2C#N)c(OC)c1. The van der Waals surface area contributed by atoms with Gasteiger partial charge in [-0.15, -0.1) is 5.10 Å². The topological polar surface area (TPSA) is 71.3 Å². The first-order valence-electron chi connectivity index (χ1n) is 8.33. The zero-order valence-electron chi connectivity index (χ0n) is 15.0. The molecular formula is C19H22N4O2. The molecule has 0 saturated carbocycles. The van der Waals surface area contributed by atoms with Crippen LogP contribution in [0.1, 0.15) is 41.3 Å². The zero-order chi connectivity index (χ0) is 18.0. The summed E-state index contributed by atoms with van der Waals surface area (Å²) in [5.74, 6) is 2.20. The molecule has 2 aromatic rings. The second kappa shape index (κ2) is 6.98. The minimum Gasteiger partial charge on any atom is -0.497 e. The maximum Gasteiger partial charge on any atom is 0.170 e. The van der Waals surface area contributed by atoms with Crippen LogP contribution in [0.3, 0.4) is 0 Å². The molecule has 130 valence electrons. The van der Waals surface area contributed by atoms with Crippen LogP contribution in [-0.2, 0) is 0 Å². The van der Waals surface area contributed by atoms with Gasteiger partial charge in [0, 0.05) is 18.2 Å². The molecule has 6 nitrogen and oxygen atoms in total. The van der Waals surface area contributed by atoms with Gasteiger partial charge in [0.2, 0.25) is 0 Å². The molecule has 6 heteroatoms. The van der Waals surface area contributed by atoms with Crippen LogP contribution in [0.4, 0.5) is 5.82 Å². The summed E-state index contributed by atoms with van der Waals surface area (Å²) in [5, 5.41) is 18.2. The molecule has 1 fully saturated rings. The van der Waals surface area contributed by atoms with Crippen molar-refractivity contribution in [2.45, 2.75) is 32.7 Å². The Hall–Kier alpha value is -2.81. The summed E-state index contributed by atoms with van der Waals surface area (Å²) in [6, 6.07) is 8.26. The van der Waals surface area contributed by atoms with Gasteiger partial charge in [-0.25, -0.2) is 0 Å². The first kappa shape index (κ1) is 17.0. The highest BCUT2D eigenvalue weighted by Gasteiger charge is 2.32. The summed E-state index contributed by atoms with van der Waals surface area (Å²) in [7, 11) is 3.30. The van der Waals surface area contributed by atoms with E-state index in [9.17, 15) is 5.26 Å². The number of benzene rings is 1. The van der Waals surface area contributed by atoms with Crippen LogP contribution in [0.2, 0.25) is 0 Å². The third-order valence-electron chi connectivity index (χ3n) is 4.87. The lowest BCUT2D eigenvalue weighted by Gasteiger charge is -2.28. The molecule has 0 bridgehead atoms. The lowest BCUT2D eigenvalue weighted by molar-refractivity contribution is 0.388. The second-order valence-corrected chi connectivity index (χ2v) is 6.18. The Morgan fingerprint density at radius 2 is 2.00 bits per heavy atom. The van der Waals surface area contributed by atoms with Gasteiger partial charge in [-0.2, -0.15) is 10.4 Å². The third kappa shape index (κ3) is 2.98. The van der Waals surface area contributed by atoms with Crippen molar-refractivity contribution in [1.82, 2.24) is 10.2 Å². The van der Waals surface area contributed by atoms with E-state index in [-0.39, 0.29) is 6.04 Å². The van der Waals surface area contributed by atoms with E-state index in [4.69, 9.17) is 9.47 Å². The third-order valence-corrected chi connectivity index (χ3v) is 4.87. The van der Waals surface area contributed by atoms with Crippen molar-refractivity contribution in [3.05, 3.63) is 40.6 Å².